The van der Waals surface area contributed by atoms with Crippen molar-refractivity contribution in [2.24, 2.45) is 0 Å². The first kappa shape index (κ1) is 19.3. The highest BCUT2D eigenvalue weighted by atomic mass is 32.1. The van der Waals surface area contributed by atoms with E-state index in [2.05, 4.69) is 5.32 Å². The maximum Gasteiger partial charge on any atom is 0.341 e. The van der Waals surface area contributed by atoms with Gasteiger partial charge in [-0.2, -0.15) is 0 Å². The van der Waals surface area contributed by atoms with Gasteiger partial charge in [-0.15, -0.1) is 11.3 Å². The maximum absolute atomic E-state index is 12.4. The molecule has 1 aromatic heterocycles. The molecule has 2 rings (SSSR count). The van der Waals surface area contributed by atoms with E-state index >= 15 is 0 Å². The summed E-state index contributed by atoms with van der Waals surface area (Å²) in [6.45, 7) is 4.75. The summed E-state index contributed by atoms with van der Waals surface area (Å²) in [6, 6.07) is 5.20. The van der Waals surface area contributed by atoms with E-state index < -0.39 is 16.8 Å². The summed E-state index contributed by atoms with van der Waals surface area (Å²) in [7, 11) is 0. The molecule has 1 N–H and O–H groups in total. The zero-order chi connectivity index (χ0) is 19.4. The predicted molar refractivity (Wildman–Crippen MR) is 96.1 cm³/mol. The van der Waals surface area contributed by atoms with Gasteiger partial charge >= 0.3 is 5.97 Å². The van der Waals surface area contributed by atoms with Crippen LogP contribution in [0.5, 0.6) is 0 Å². The average molecular weight is 376 g/mol. The van der Waals surface area contributed by atoms with Crippen LogP contribution in [0.4, 0.5) is 10.7 Å². The Kier molecular flexibility index (Phi) is 5.83. The molecular weight excluding hydrogens is 360 g/mol. The largest absolute Gasteiger partial charge is 0.462 e. The molecule has 1 amide bonds. The molecule has 8 nitrogen and oxygen atoms in total. The van der Waals surface area contributed by atoms with Gasteiger partial charge < -0.3 is 10.1 Å². The predicted octanol–water partition coefficient (Wildman–Crippen LogP) is 3.60. The fraction of sp³-hybridized carbons (Fsp3) is 0.235. The lowest BCUT2D eigenvalue weighted by Gasteiger charge is -2.07. The molecule has 9 heteroatoms. The number of nitrogens with zero attached hydrogens (tertiary/aromatic N) is 1. The van der Waals surface area contributed by atoms with E-state index in [0.29, 0.717) is 10.4 Å². The molecule has 2 aromatic rings. The van der Waals surface area contributed by atoms with Crippen molar-refractivity contribution in [1.82, 2.24) is 0 Å². The first-order valence-corrected chi connectivity index (χ1v) is 8.45. The number of non-ortho nitro benzene ring substituents is 1. The van der Waals surface area contributed by atoms with Crippen LogP contribution in [-0.4, -0.2) is 29.2 Å². The van der Waals surface area contributed by atoms with Gasteiger partial charge in [0.1, 0.15) is 5.00 Å². The topological polar surface area (TPSA) is 116 Å². The van der Waals surface area contributed by atoms with Gasteiger partial charge in [0, 0.05) is 17.7 Å². The molecule has 136 valence electrons. The molecule has 1 aromatic carbocycles. The van der Waals surface area contributed by atoms with Crippen molar-refractivity contribution in [3.8, 4) is 0 Å². The van der Waals surface area contributed by atoms with Gasteiger partial charge in [-0.25, -0.2) is 4.79 Å². The molecule has 26 heavy (non-hydrogen) atoms. The van der Waals surface area contributed by atoms with Gasteiger partial charge in [-0.05, 0) is 32.4 Å². The first-order chi connectivity index (χ1) is 12.3. The second-order valence-corrected chi connectivity index (χ2v) is 6.32. The van der Waals surface area contributed by atoms with Crippen LogP contribution < -0.4 is 5.32 Å². The highest BCUT2D eigenvalue weighted by molar-refractivity contribution is 7.18. The molecule has 0 radical (unpaired) electrons. The van der Waals surface area contributed by atoms with E-state index in [1.54, 1.807) is 13.8 Å². The number of anilines is 1. The number of rotatable bonds is 6. The summed E-state index contributed by atoms with van der Waals surface area (Å²) < 4.78 is 5.00. The number of nitro groups is 1. The van der Waals surface area contributed by atoms with Gasteiger partial charge in [-0.1, -0.05) is 6.07 Å². The third-order valence-electron chi connectivity index (χ3n) is 3.49. The van der Waals surface area contributed by atoms with Crippen molar-refractivity contribution in [3.63, 3.8) is 0 Å². The fourth-order valence-electron chi connectivity index (χ4n) is 2.32. The smallest absolute Gasteiger partial charge is 0.341 e. The van der Waals surface area contributed by atoms with E-state index in [9.17, 15) is 24.5 Å². The Hall–Kier alpha value is -3.07. The molecular formula is C17H16N2O6S. The Balaban J connectivity index is 2.42. The fourth-order valence-corrected chi connectivity index (χ4v) is 3.41. The summed E-state index contributed by atoms with van der Waals surface area (Å²) in [6.07, 6.45) is 0. The molecule has 0 aliphatic rings. The lowest BCUT2D eigenvalue weighted by atomic mass is 10.1. The number of thiophene rings is 1. The van der Waals surface area contributed by atoms with Crippen molar-refractivity contribution < 1.29 is 24.0 Å². The minimum atomic E-state index is -0.650. The van der Waals surface area contributed by atoms with Gasteiger partial charge in [0.25, 0.3) is 11.6 Å². The number of ketones is 1. The van der Waals surface area contributed by atoms with Crippen LogP contribution in [0.3, 0.4) is 0 Å². The number of nitrogens with one attached hydrogen (secondary N) is 1. The number of nitro benzene ring substituents is 1. The minimum Gasteiger partial charge on any atom is -0.462 e. The van der Waals surface area contributed by atoms with Crippen LogP contribution in [-0.2, 0) is 4.74 Å². The van der Waals surface area contributed by atoms with Crippen LogP contribution in [0.15, 0.2) is 24.3 Å². The van der Waals surface area contributed by atoms with Crippen LogP contribution >= 0.6 is 11.3 Å². The standard InChI is InChI=1S/C17H16N2O6S/c1-4-25-17(22)13-9(2)14(10(3)20)26-16(13)18-15(21)11-6-5-7-12(8-11)19(23)24/h5-8H,4H2,1-3H3,(H,18,21). The van der Waals surface area contributed by atoms with Crippen LogP contribution in [0.25, 0.3) is 0 Å². The van der Waals surface area contributed by atoms with Gasteiger partial charge in [0.05, 0.1) is 22.0 Å². The van der Waals surface area contributed by atoms with E-state index in [1.165, 1.54) is 25.1 Å². The lowest BCUT2D eigenvalue weighted by molar-refractivity contribution is -0.384. The molecule has 1 heterocycles. The number of Topliss-reactive ketones (excluding diaryl/α,β-unsaturated/α-hetero) is 1. The van der Waals surface area contributed by atoms with E-state index in [1.807, 2.05) is 0 Å². The summed E-state index contributed by atoms with van der Waals surface area (Å²) in [5.74, 6) is -1.52. The Labute approximate surface area is 152 Å². The molecule has 0 saturated heterocycles. The van der Waals surface area contributed by atoms with Crippen molar-refractivity contribution in [2.45, 2.75) is 20.8 Å². The van der Waals surface area contributed by atoms with Crippen molar-refractivity contribution in [1.29, 1.82) is 0 Å². The number of hydrogen-bond acceptors (Lipinski definition) is 7. The SMILES string of the molecule is CCOC(=O)c1c(NC(=O)c2cccc([N+](=O)[O-])c2)sc(C(C)=O)c1C. The molecule has 0 aliphatic heterocycles. The third kappa shape index (κ3) is 3.94. The number of carbonyl (C=O) groups is 3. The zero-order valence-electron chi connectivity index (χ0n) is 14.3. The number of hydrogen-bond donors (Lipinski definition) is 1. The Morgan fingerprint density at radius 3 is 2.58 bits per heavy atom. The lowest BCUT2D eigenvalue weighted by Crippen LogP contribution is -2.15. The van der Waals surface area contributed by atoms with Gasteiger partial charge in [0.15, 0.2) is 5.78 Å². The van der Waals surface area contributed by atoms with E-state index in [4.69, 9.17) is 4.74 Å². The third-order valence-corrected chi connectivity index (χ3v) is 4.80. The van der Waals surface area contributed by atoms with Crippen LogP contribution in [0.2, 0.25) is 0 Å². The van der Waals surface area contributed by atoms with Crippen molar-refractivity contribution >= 4 is 39.7 Å². The van der Waals surface area contributed by atoms with Crippen LogP contribution in [0.1, 0.15) is 49.8 Å². The number of carbonyl (C=O) groups excluding carboxylic acids is 3. The number of benzene rings is 1. The molecule has 0 fully saturated rings. The van der Waals surface area contributed by atoms with E-state index in [-0.39, 0.29) is 34.2 Å². The Morgan fingerprint density at radius 1 is 1.31 bits per heavy atom. The molecule has 0 aliphatic carbocycles. The number of amides is 1. The van der Waals surface area contributed by atoms with Gasteiger partial charge in [0.2, 0.25) is 0 Å². The molecule has 0 bridgehead atoms. The average Bonchev–Trinajstić information content (AvgIpc) is 2.91. The summed E-state index contributed by atoms with van der Waals surface area (Å²) in [5, 5.41) is 13.6. The Morgan fingerprint density at radius 2 is 2.00 bits per heavy atom. The summed E-state index contributed by atoms with van der Waals surface area (Å²) >= 11 is 0.966. The van der Waals surface area contributed by atoms with E-state index in [0.717, 1.165) is 17.4 Å². The minimum absolute atomic E-state index is 0.0597. The molecule has 0 unspecified atom stereocenters. The van der Waals surface area contributed by atoms with Gasteiger partial charge in [-0.3, -0.25) is 19.7 Å². The number of esters is 1. The molecule has 0 spiro atoms. The normalized spacial score (nSPS) is 10.3. The van der Waals surface area contributed by atoms with Crippen LogP contribution in [0, 0.1) is 17.0 Å². The molecule has 0 atom stereocenters. The van der Waals surface area contributed by atoms with Crippen molar-refractivity contribution in [3.05, 3.63) is 55.9 Å². The highest BCUT2D eigenvalue weighted by Gasteiger charge is 2.25. The zero-order valence-corrected chi connectivity index (χ0v) is 15.1. The summed E-state index contributed by atoms with van der Waals surface area (Å²) in [5.41, 5.74) is 0.371. The monoisotopic (exact) mass is 376 g/mol. The second kappa shape index (κ2) is 7.87. The molecule has 0 saturated carbocycles. The maximum atomic E-state index is 12.4. The Bertz CT molecular complexity index is 903. The van der Waals surface area contributed by atoms with Crippen molar-refractivity contribution in [2.75, 3.05) is 11.9 Å². The quantitative estimate of drug-likeness (QED) is 0.356. The first-order valence-electron chi connectivity index (χ1n) is 7.63. The number of ether oxygens (including phenoxy) is 1. The second-order valence-electron chi connectivity index (χ2n) is 5.30. The highest BCUT2D eigenvalue weighted by Crippen LogP contribution is 2.34. The summed E-state index contributed by atoms with van der Waals surface area (Å²) in [4.78, 5) is 47.0.